The minimum atomic E-state index is 0.345. The molecule has 1 aromatic carbocycles. The van der Waals surface area contributed by atoms with Gasteiger partial charge in [0.15, 0.2) is 0 Å². The molecule has 0 bridgehead atoms. The molecular weight excluding hydrogens is 234 g/mol. The summed E-state index contributed by atoms with van der Waals surface area (Å²) in [6, 6.07) is 9.09. The van der Waals surface area contributed by atoms with Crippen LogP contribution in [0.4, 0.5) is 0 Å². The zero-order valence-corrected chi connectivity index (χ0v) is 11.7. The van der Waals surface area contributed by atoms with Crippen molar-refractivity contribution < 1.29 is 0 Å². The van der Waals surface area contributed by atoms with Crippen LogP contribution >= 0.6 is 23.5 Å². The molecule has 1 aromatic rings. The SMILES string of the molecule is Cc1ccc(SCCSCCC(C)N)cc1. The summed E-state index contributed by atoms with van der Waals surface area (Å²) in [6.07, 6.45) is 1.12. The Kier molecular flexibility index (Phi) is 7.01. The van der Waals surface area contributed by atoms with Gasteiger partial charge < -0.3 is 5.73 Å². The van der Waals surface area contributed by atoms with Crippen LogP contribution in [-0.2, 0) is 0 Å². The fourth-order valence-corrected chi connectivity index (χ4v) is 3.34. The Morgan fingerprint density at radius 1 is 1.12 bits per heavy atom. The second-order valence-electron chi connectivity index (χ2n) is 4.04. The van der Waals surface area contributed by atoms with E-state index in [4.69, 9.17) is 5.73 Å². The minimum Gasteiger partial charge on any atom is -0.328 e. The predicted octanol–water partition coefficient (Wildman–Crippen LogP) is 3.56. The Labute approximate surface area is 108 Å². The van der Waals surface area contributed by atoms with Gasteiger partial charge in [-0.2, -0.15) is 11.8 Å². The average Bonchev–Trinajstić information content (AvgIpc) is 2.25. The minimum absolute atomic E-state index is 0.345. The molecule has 0 aliphatic rings. The summed E-state index contributed by atoms with van der Waals surface area (Å²) in [4.78, 5) is 1.37. The lowest BCUT2D eigenvalue weighted by Crippen LogP contribution is -2.15. The first-order valence-corrected chi connectivity index (χ1v) is 7.85. The van der Waals surface area contributed by atoms with Gasteiger partial charge in [-0.15, -0.1) is 11.8 Å². The Hall–Kier alpha value is -0.120. The van der Waals surface area contributed by atoms with Gasteiger partial charge in [-0.05, 0) is 38.2 Å². The second kappa shape index (κ2) is 8.04. The quantitative estimate of drug-likeness (QED) is 0.596. The topological polar surface area (TPSA) is 26.0 Å². The molecule has 1 nitrogen and oxygen atoms in total. The van der Waals surface area contributed by atoms with E-state index in [0.717, 1.165) is 6.42 Å². The Morgan fingerprint density at radius 3 is 2.44 bits per heavy atom. The van der Waals surface area contributed by atoms with E-state index in [9.17, 15) is 0 Å². The molecule has 0 aliphatic carbocycles. The van der Waals surface area contributed by atoms with Crippen molar-refractivity contribution in [2.45, 2.75) is 31.2 Å². The van der Waals surface area contributed by atoms with Crippen LogP contribution in [0.1, 0.15) is 18.9 Å². The number of hydrogen-bond donors (Lipinski definition) is 1. The normalized spacial score (nSPS) is 12.7. The third-order valence-electron chi connectivity index (χ3n) is 2.23. The van der Waals surface area contributed by atoms with Crippen molar-refractivity contribution in [3.63, 3.8) is 0 Å². The molecule has 0 aromatic heterocycles. The summed E-state index contributed by atoms with van der Waals surface area (Å²) in [5.74, 6) is 3.59. The van der Waals surface area contributed by atoms with Crippen molar-refractivity contribution in [1.82, 2.24) is 0 Å². The van der Waals surface area contributed by atoms with Crippen molar-refractivity contribution in [3.8, 4) is 0 Å². The summed E-state index contributed by atoms with van der Waals surface area (Å²) >= 11 is 3.94. The molecule has 0 saturated heterocycles. The highest BCUT2D eigenvalue weighted by molar-refractivity contribution is 8.02. The largest absolute Gasteiger partial charge is 0.328 e. The highest BCUT2D eigenvalue weighted by atomic mass is 32.2. The molecule has 1 atom stereocenters. The molecule has 0 heterocycles. The molecule has 0 radical (unpaired) electrons. The van der Waals surface area contributed by atoms with Crippen molar-refractivity contribution in [2.75, 3.05) is 17.3 Å². The molecule has 16 heavy (non-hydrogen) atoms. The molecule has 0 fully saturated rings. The predicted molar refractivity (Wildman–Crippen MR) is 77.5 cm³/mol. The molecule has 90 valence electrons. The summed E-state index contributed by atoms with van der Waals surface area (Å²) in [6.45, 7) is 4.19. The van der Waals surface area contributed by atoms with Gasteiger partial charge >= 0.3 is 0 Å². The van der Waals surface area contributed by atoms with Gasteiger partial charge in [-0.25, -0.2) is 0 Å². The smallest absolute Gasteiger partial charge is 0.00724 e. The van der Waals surface area contributed by atoms with Gasteiger partial charge in [0.25, 0.3) is 0 Å². The van der Waals surface area contributed by atoms with Gasteiger partial charge in [0, 0.05) is 22.4 Å². The fourth-order valence-electron chi connectivity index (χ4n) is 1.22. The van der Waals surface area contributed by atoms with Crippen molar-refractivity contribution in [2.24, 2.45) is 5.73 Å². The number of thioether (sulfide) groups is 2. The van der Waals surface area contributed by atoms with Crippen LogP contribution in [0.15, 0.2) is 29.2 Å². The number of nitrogens with two attached hydrogens (primary N) is 1. The molecular formula is C13H21NS2. The van der Waals surface area contributed by atoms with E-state index >= 15 is 0 Å². The van der Waals surface area contributed by atoms with Crippen LogP contribution in [0.2, 0.25) is 0 Å². The summed E-state index contributed by atoms with van der Waals surface area (Å²) < 4.78 is 0. The van der Waals surface area contributed by atoms with E-state index in [0.29, 0.717) is 6.04 Å². The average molecular weight is 255 g/mol. The Bertz CT molecular complexity index is 282. The van der Waals surface area contributed by atoms with Gasteiger partial charge in [0.2, 0.25) is 0 Å². The second-order valence-corrected chi connectivity index (χ2v) is 6.43. The molecule has 0 saturated carbocycles. The number of aryl methyl sites for hydroxylation is 1. The lowest BCUT2D eigenvalue weighted by Gasteiger charge is -2.04. The number of hydrogen-bond acceptors (Lipinski definition) is 3. The molecule has 1 rings (SSSR count). The third kappa shape index (κ3) is 6.46. The van der Waals surface area contributed by atoms with Crippen LogP contribution in [0.3, 0.4) is 0 Å². The van der Waals surface area contributed by atoms with E-state index < -0.39 is 0 Å². The molecule has 3 heteroatoms. The first-order valence-electron chi connectivity index (χ1n) is 5.71. The lowest BCUT2D eigenvalue weighted by atomic mass is 10.2. The Balaban J connectivity index is 2.05. The highest BCUT2D eigenvalue weighted by Crippen LogP contribution is 2.19. The van der Waals surface area contributed by atoms with E-state index in [1.807, 2.05) is 23.5 Å². The number of rotatable bonds is 7. The van der Waals surface area contributed by atoms with Crippen LogP contribution in [-0.4, -0.2) is 23.3 Å². The fraction of sp³-hybridized carbons (Fsp3) is 0.538. The van der Waals surface area contributed by atoms with E-state index in [-0.39, 0.29) is 0 Å². The van der Waals surface area contributed by atoms with Crippen LogP contribution in [0, 0.1) is 6.92 Å². The molecule has 1 unspecified atom stereocenters. The number of benzene rings is 1. The van der Waals surface area contributed by atoms with Gasteiger partial charge in [0.1, 0.15) is 0 Å². The summed E-state index contributed by atoms with van der Waals surface area (Å²) in [5.41, 5.74) is 7.02. The highest BCUT2D eigenvalue weighted by Gasteiger charge is 1.96. The summed E-state index contributed by atoms with van der Waals surface area (Å²) in [5, 5.41) is 0. The lowest BCUT2D eigenvalue weighted by molar-refractivity contribution is 0.721. The van der Waals surface area contributed by atoms with Crippen molar-refractivity contribution >= 4 is 23.5 Å². The molecule has 0 spiro atoms. The van der Waals surface area contributed by atoms with Crippen LogP contribution in [0.5, 0.6) is 0 Å². The Morgan fingerprint density at radius 2 is 1.81 bits per heavy atom. The maximum Gasteiger partial charge on any atom is 0.00724 e. The van der Waals surface area contributed by atoms with Crippen LogP contribution in [0.25, 0.3) is 0 Å². The first-order chi connectivity index (χ1) is 7.68. The van der Waals surface area contributed by atoms with Gasteiger partial charge in [0.05, 0.1) is 0 Å². The van der Waals surface area contributed by atoms with Gasteiger partial charge in [-0.1, -0.05) is 17.7 Å². The van der Waals surface area contributed by atoms with E-state index in [2.05, 4.69) is 38.1 Å². The van der Waals surface area contributed by atoms with Crippen LogP contribution < -0.4 is 5.73 Å². The maximum atomic E-state index is 5.69. The van der Waals surface area contributed by atoms with Crippen molar-refractivity contribution in [3.05, 3.63) is 29.8 Å². The third-order valence-corrected chi connectivity index (χ3v) is 4.52. The maximum absolute atomic E-state index is 5.69. The zero-order chi connectivity index (χ0) is 11.8. The molecule has 0 aliphatic heterocycles. The first kappa shape index (κ1) is 13.9. The van der Waals surface area contributed by atoms with Gasteiger partial charge in [-0.3, -0.25) is 0 Å². The van der Waals surface area contributed by atoms with Crippen molar-refractivity contribution in [1.29, 1.82) is 0 Å². The van der Waals surface area contributed by atoms with E-state index in [1.165, 1.54) is 27.7 Å². The summed E-state index contributed by atoms with van der Waals surface area (Å²) in [7, 11) is 0. The monoisotopic (exact) mass is 255 g/mol. The standard InChI is InChI=1S/C13H21NS2/c1-11-3-5-13(6-4-11)16-10-9-15-8-7-12(2)14/h3-6,12H,7-10,14H2,1-2H3. The zero-order valence-electron chi connectivity index (χ0n) is 10.1. The molecule has 0 amide bonds. The van der Waals surface area contributed by atoms with E-state index in [1.54, 1.807) is 0 Å². The molecule has 2 N–H and O–H groups in total.